The highest BCUT2D eigenvalue weighted by Crippen LogP contribution is 2.40. The number of aliphatic carboxylic acids is 1. The lowest BCUT2D eigenvalue weighted by Crippen LogP contribution is -2.54. The molecule has 0 unspecified atom stereocenters. The maximum absolute atomic E-state index is 13.5. The maximum Gasteiger partial charge on any atom is 0.490 e. The number of hydrogen-bond acceptors (Lipinski definition) is 5. The van der Waals surface area contributed by atoms with Gasteiger partial charge < -0.3 is 10.0 Å². The summed E-state index contributed by atoms with van der Waals surface area (Å²) in [6.45, 7) is 1.21. The molecule has 2 aliphatic heterocycles. The van der Waals surface area contributed by atoms with Crippen LogP contribution in [0.2, 0.25) is 0 Å². The summed E-state index contributed by atoms with van der Waals surface area (Å²) in [4.78, 5) is 41.3. The second kappa shape index (κ2) is 12.1. The fraction of sp³-hybridized carbons (Fsp3) is 0.276. The number of halogens is 3. The summed E-state index contributed by atoms with van der Waals surface area (Å²) in [5, 5.41) is 13.7. The third kappa shape index (κ3) is 6.71. The van der Waals surface area contributed by atoms with Crippen LogP contribution in [0.1, 0.15) is 40.7 Å². The van der Waals surface area contributed by atoms with Crippen LogP contribution in [0.25, 0.3) is 0 Å². The number of nitrogens with zero attached hydrogens (tertiary/aromatic N) is 4. The van der Waals surface area contributed by atoms with Crippen molar-refractivity contribution in [3.05, 3.63) is 102 Å². The van der Waals surface area contributed by atoms with E-state index in [1.807, 2.05) is 77.7 Å². The zero-order valence-corrected chi connectivity index (χ0v) is 21.4. The first-order chi connectivity index (χ1) is 19.1. The minimum Gasteiger partial charge on any atom is -0.475 e. The number of amides is 2. The number of carboxylic acids is 1. The minimum absolute atomic E-state index is 0.0864. The molecule has 2 aliphatic rings. The third-order valence-corrected chi connectivity index (χ3v) is 6.85. The van der Waals surface area contributed by atoms with Gasteiger partial charge in [-0.15, -0.1) is 0 Å². The summed E-state index contributed by atoms with van der Waals surface area (Å²) in [5.41, 5.74) is 3.10. The monoisotopic (exact) mass is 552 g/mol. The van der Waals surface area contributed by atoms with Gasteiger partial charge in [-0.1, -0.05) is 54.6 Å². The third-order valence-electron chi connectivity index (χ3n) is 6.85. The number of carboxylic acid groups (broad SMARTS) is 1. The van der Waals surface area contributed by atoms with Crippen molar-refractivity contribution >= 4 is 23.5 Å². The second-order valence-corrected chi connectivity index (χ2v) is 9.52. The van der Waals surface area contributed by atoms with Crippen molar-refractivity contribution in [1.29, 1.82) is 0 Å². The first-order valence-electron chi connectivity index (χ1n) is 12.6. The van der Waals surface area contributed by atoms with Gasteiger partial charge in [-0.25, -0.2) is 9.80 Å². The molecule has 40 heavy (non-hydrogen) atoms. The molecule has 1 aromatic heterocycles. The highest BCUT2D eigenvalue weighted by Gasteiger charge is 2.48. The molecule has 0 radical (unpaired) electrons. The van der Waals surface area contributed by atoms with Crippen molar-refractivity contribution in [2.24, 2.45) is 5.10 Å². The average molecular weight is 553 g/mol. The molecule has 3 heterocycles. The number of aromatic nitrogens is 1. The number of benzene rings is 2. The van der Waals surface area contributed by atoms with Crippen LogP contribution in [0.3, 0.4) is 0 Å². The second-order valence-electron chi connectivity index (χ2n) is 9.52. The standard InChI is InChI=1S/C27H26N4O2.C2HF3O2/c32-25(18-21-8-7-15-28-20-21)30-16-13-27(14-17-30)19-24(22-9-3-1-4-10-22)29-31(27)26(33)23-11-5-2-6-12-23;3-2(4,5)1(6)7/h1-12,15,20H,13-14,16-19H2;(H,6,7). The van der Waals surface area contributed by atoms with Gasteiger partial charge in [-0.05, 0) is 42.2 Å². The van der Waals surface area contributed by atoms with Gasteiger partial charge in [0.05, 0.1) is 17.7 Å². The molecule has 3 aromatic rings. The van der Waals surface area contributed by atoms with Gasteiger partial charge in [0.25, 0.3) is 5.91 Å². The largest absolute Gasteiger partial charge is 0.490 e. The summed E-state index contributed by atoms with van der Waals surface area (Å²) in [7, 11) is 0. The van der Waals surface area contributed by atoms with Crippen LogP contribution in [-0.2, 0) is 16.0 Å². The van der Waals surface area contributed by atoms with Crippen molar-refractivity contribution < 1.29 is 32.7 Å². The number of rotatable bonds is 4. The van der Waals surface area contributed by atoms with Crippen LogP contribution in [0.15, 0.2) is 90.3 Å². The number of alkyl halides is 3. The van der Waals surface area contributed by atoms with Crippen molar-refractivity contribution in [3.63, 3.8) is 0 Å². The molecule has 1 spiro atoms. The van der Waals surface area contributed by atoms with Gasteiger partial charge in [0.15, 0.2) is 0 Å². The van der Waals surface area contributed by atoms with E-state index >= 15 is 0 Å². The number of hydrogen-bond donors (Lipinski definition) is 1. The summed E-state index contributed by atoms with van der Waals surface area (Å²) in [6.07, 6.45) is 0.801. The lowest BCUT2D eigenvalue weighted by molar-refractivity contribution is -0.192. The van der Waals surface area contributed by atoms with Crippen LogP contribution in [0.5, 0.6) is 0 Å². The van der Waals surface area contributed by atoms with Crippen molar-refractivity contribution in [2.45, 2.75) is 37.4 Å². The number of carbonyl (C=O) groups excluding carboxylic acids is 2. The molecule has 0 aliphatic carbocycles. The van der Waals surface area contributed by atoms with Gasteiger partial charge in [-0.2, -0.15) is 18.3 Å². The van der Waals surface area contributed by atoms with Gasteiger partial charge in [0.1, 0.15) is 0 Å². The molecular formula is C29H27F3N4O4. The predicted molar refractivity (Wildman–Crippen MR) is 140 cm³/mol. The molecule has 0 bridgehead atoms. The Morgan fingerprint density at radius 1 is 0.900 bits per heavy atom. The molecule has 0 atom stereocenters. The van der Waals surface area contributed by atoms with E-state index in [0.29, 0.717) is 44.3 Å². The first kappa shape index (κ1) is 28.5. The van der Waals surface area contributed by atoms with E-state index in [4.69, 9.17) is 15.0 Å². The van der Waals surface area contributed by atoms with Crippen LogP contribution < -0.4 is 0 Å². The van der Waals surface area contributed by atoms with Crippen LogP contribution >= 0.6 is 0 Å². The molecule has 1 saturated heterocycles. The van der Waals surface area contributed by atoms with Gasteiger partial charge >= 0.3 is 12.1 Å². The van der Waals surface area contributed by atoms with Crippen molar-refractivity contribution in [3.8, 4) is 0 Å². The number of likely N-dealkylation sites (tertiary alicyclic amines) is 1. The van der Waals surface area contributed by atoms with Crippen LogP contribution in [-0.4, -0.2) is 68.3 Å². The smallest absolute Gasteiger partial charge is 0.475 e. The van der Waals surface area contributed by atoms with Gasteiger partial charge in [0.2, 0.25) is 5.91 Å². The van der Waals surface area contributed by atoms with Crippen LogP contribution in [0.4, 0.5) is 13.2 Å². The van der Waals surface area contributed by atoms with E-state index in [1.165, 1.54) is 0 Å². The van der Waals surface area contributed by atoms with Gasteiger partial charge in [0, 0.05) is 37.5 Å². The number of piperidine rings is 1. The first-order valence-corrected chi connectivity index (χ1v) is 12.6. The Hall–Kier alpha value is -4.54. The topological polar surface area (TPSA) is 103 Å². The molecule has 8 nitrogen and oxygen atoms in total. The highest BCUT2D eigenvalue weighted by molar-refractivity contribution is 6.05. The fourth-order valence-corrected chi connectivity index (χ4v) is 4.75. The Morgan fingerprint density at radius 2 is 1.50 bits per heavy atom. The minimum atomic E-state index is -5.08. The van der Waals surface area contributed by atoms with Gasteiger partial charge in [-0.3, -0.25) is 14.6 Å². The Labute approximate surface area is 228 Å². The lowest BCUT2D eigenvalue weighted by Gasteiger charge is -2.43. The molecule has 1 fully saturated rings. The van der Waals surface area contributed by atoms with E-state index in [2.05, 4.69) is 4.98 Å². The molecule has 0 saturated carbocycles. The Balaban J connectivity index is 0.000000470. The molecule has 208 valence electrons. The molecule has 1 N–H and O–H groups in total. The summed E-state index contributed by atoms with van der Waals surface area (Å²) in [6, 6.07) is 23.1. The SMILES string of the molecule is O=C(Cc1cccnc1)N1CCC2(CC1)CC(c1ccccc1)=NN2C(=O)c1ccccc1.O=C(O)C(F)(F)F. The summed E-state index contributed by atoms with van der Waals surface area (Å²) < 4.78 is 31.7. The molecule has 2 amide bonds. The van der Waals surface area contributed by atoms with E-state index < -0.39 is 17.7 Å². The average Bonchev–Trinajstić information content (AvgIpc) is 3.33. The number of hydrazone groups is 1. The van der Waals surface area contributed by atoms with Crippen molar-refractivity contribution in [1.82, 2.24) is 14.9 Å². The van der Waals surface area contributed by atoms with E-state index in [-0.39, 0.29) is 11.8 Å². The van der Waals surface area contributed by atoms with Crippen LogP contribution in [0, 0.1) is 0 Å². The molecule has 2 aromatic carbocycles. The molecule has 5 rings (SSSR count). The Bertz CT molecular complexity index is 1360. The van der Waals surface area contributed by atoms with E-state index in [0.717, 1.165) is 16.8 Å². The summed E-state index contributed by atoms with van der Waals surface area (Å²) >= 11 is 0. The lowest BCUT2D eigenvalue weighted by atomic mass is 9.81. The normalized spacial score (nSPS) is 16.1. The highest BCUT2D eigenvalue weighted by atomic mass is 19.4. The fourth-order valence-electron chi connectivity index (χ4n) is 4.75. The Kier molecular flexibility index (Phi) is 8.61. The zero-order valence-electron chi connectivity index (χ0n) is 21.4. The quantitative estimate of drug-likeness (QED) is 0.511. The molecule has 11 heteroatoms. The maximum atomic E-state index is 13.5. The number of pyridine rings is 1. The zero-order chi connectivity index (χ0) is 28.8. The van der Waals surface area contributed by atoms with E-state index in [1.54, 1.807) is 17.4 Å². The number of carbonyl (C=O) groups is 3. The van der Waals surface area contributed by atoms with Crippen molar-refractivity contribution in [2.75, 3.05) is 13.1 Å². The Morgan fingerprint density at radius 3 is 2.05 bits per heavy atom. The summed E-state index contributed by atoms with van der Waals surface area (Å²) in [5.74, 6) is -2.75. The predicted octanol–water partition coefficient (Wildman–Crippen LogP) is 4.57. The van der Waals surface area contributed by atoms with E-state index in [9.17, 15) is 22.8 Å². The molecular weight excluding hydrogens is 525 g/mol.